The zero-order valence-electron chi connectivity index (χ0n) is 9.55. The van der Waals surface area contributed by atoms with E-state index in [4.69, 9.17) is 5.26 Å². The maximum atomic E-state index is 12.1. The van der Waals surface area contributed by atoms with E-state index in [-0.39, 0.29) is 5.78 Å². The molecule has 2 aromatic carbocycles. The van der Waals surface area contributed by atoms with E-state index in [0.29, 0.717) is 11.1 Å². The van der Waals surface area contributed by atoms with Crippen LogP contribution in [0, 0.1) is 23.2 Å². The second-order valence-corrected chi connectivity index (χ2v) is 3.63. The van der Waals surface area contributed by atoms with Gasteiger partial charge >= 0.3 is 0 Å². The fraction of sp³-hybridized carbons (Fsp3) is 0. The largest absolute Gasteiger partial charge is 0.289 e. The summed E-state index contributed by atoms with van der Waals surface area (Å²) < 4.78 is 0. The molecule has 0 unspecified atom stereocenters. The number of carbonyl (C=O) groups is 1. The highest BCUT2D eigenvalue weighted by atomic mass is 16.1. The first-order chi connectivity index (χ1) is 8.81. The van der Waals surface area contributed by atoms with Crippen LogP contribution >= 0.6 is 0 Å². The maximum Gasteiger partial charge on any atom is 0.193 e. The summed E-state index contributed by atoms with van der Waals surface area (Å²) in [4.78, 5) is 12.1. The van der Waals surface area contributed by atoms with Gasteiger partial charge in [-0.15, -0.1) is 0 Å². The average Bonchev–Trinajstić information content (AvgIpc) is 2.46. The van der Waals surface area contributed by atoms with Gasteiger partial charge in [0.05, 0.1) is 0 Å². The Bertz CT molecular complexity index is 652. The molecular weight excluding hydrogens is 222 g/mol. The van der Waals surface area contributed by atoms with Crippen molar-refractivity contribution in [2.75, 3.05) is 0 Å². The van der Waals surface area contributed by atoms with Crippen LogP contribution in [0.2, 0.25) is 0 Å². The van der Waals surface area contributed by atoms with Crippen molar-refractivity contribution in [3.63, 3.8) is 0 Å². The van der Waals surface area contributed by atoms with Crippen LogP contribution in [0.3, 0.4) is 0 Å². The molecule has 18 heavy (non-hydrogen) atoms. The van der Waals surface area contributed by atoms with Gasteiger partial charge in [0.1, 0.15) is 0 Å². The summed E-state index contributed by atoms with van der Waals surface area (Å²) in [6.07, 6.45) is 0. The number of benzene rings is 2. The van der Waals surface area contributed by atoms with Gasteiger partial charge in [-0.2, -0.15) is 5.26 Å². The van der Waals surface area contributed by atoms with E-state index in [0.717, 1.165) is 5.56 Å². The monoisotopic (exact) mass is 231 g/mol. The number of hydrogen-bond acceptors (Lipinski definition) is 2. The van der Waals surface area contributed by atoms with E-state index in [1.165, 1.54) is 0 Å². The van der Waals surface area contributed by atoms with Crippen molar-refractivity contribution in [3.05, 3.63) is 71.3 Å². The second kappa shape index (κ2) is 5.48. The quantitative estimate of drug-likeness (QED) is 0.589. The summed E-state index contributed by atoms with van der Waals surface area (Å²) in [5, 5.41) is 8.34. The van der Waals surface area contributed by atoms with Gasteiger partial charge in [0, 0.05) is 22.6 Å². The van der Waals surface area contributed by atoms with Gasteiger partial charge in [0.25, 0.3) is 0 Å². The standard InChI is InChI=1S/C16H9NO/c17-12-4-5-13-8-10-15(11-9-13)16(18)14-6-2-1-3-7-14/h1-3,6-11H. The van der Waals surface area contributed by atoms with Gasteiger partial charge in [-0.05, 0) is 24.3 Å². The summed E-state index contributed by atoms with van der Waals surface area (Å²) in [5.41, 5.74) is 2.00. The fourth-order valence-electron chi connectivity index (χ4n) is 1.56. The van der Waals surface area contributed by atoms with Crippen molar-refractivity contribution in [1.29, 1.82) is 5.26 Å². The van der Waals surface area contributed by atoms with Crippen LogP contribution in [0.25, 0.3) is 0 Å². The van der Waals surface area contributed by atoms with Crippen molar-refractivity contribution in [3.8, 4) is 17.9 Å². The van der Waals surface area contributed by atoms with Crippen molar-refractivity contribution >= 4 is 5.78 Å². The third-order valence-electron chi connectivity index (χ3n) is 2.45. The fourth-order valence-corrected chi connectivity index (χ4v) is 1.56. The summed E-state index contributed by atoms with van der Waals surface area (Å²) in [6, 6.07) is 17.8. The summed E-state index contributed by atoms with van der Waals surface area (Å²) in [7, 11) is 0. The normalized spacial score (nSPS) is 8.83. The van der Waals surface area contributed by atoms with Crippen molar-refractivity contribution < 1.29 is 4.79 Å². The first-order valence-corrected chi connectivity index (χ1v) is 5.41. The molecule has 2 nitrogen and oxygen atoms in total. The highest BCUT2D eigenvalue weighted by molar-refractivity contribution is 6.08. The van der Waals surface area contributed by atoms with E-state index in [1.807, 2.05) is 18.2 Å². The van der Waals surface area contributed by atoms with E-state index in [9.17, 15) is 4.79 Å². The average molecular weight is 231 g/mol. The van der Waals surface area contributed by atoms with Crippen LogP contribution in [0.5, 0.6) is 0 Å². The van der Waals surface area contributed by atoms with Crippen LogP contribution in [0.4, 0.5) is 0 Å². The summed E-state index contributed by atoms with van der Waals surface area (Å²) in [5.74, 6) is 4.98. The molecule has 0 saturated heterocycles. The molecule has 0 atom stereocenters. The molecule has 0 N–H and O–H groups in total. The molecular formula is C16H9NO. The molecule has 2 aromatic rings. The lowest BCUT2D eigenvalue weighted by Gasteiger charge is -2.00. The third-order valence-corrected chi connectivity index (χ3v) is 2.45. The number of nitrogens with zero attached hydrogens (tertiary/aromatic N) is 1. The van der Waals surface area contributed by atoms with Gasteiger partial charge in [-0.25, -0.2) is 0 Å². The van der Waals surface area contributed by atoms with E-state index in [2.05, 4.69) is 11.8 Å². The Morgan fingerprint density at radius 3 is 2.11 bits per heavy atom. The Morgan fingerprint density at radius 1 is 0.889 bits per heavy atom. The molecule has 0 aliphatic rings. The van der Waals surface area contributed by atoms with Gasteiger partial charge < -0.3 is 0 Å². The minimum absolute atomic E-state index is 0.0182. The predicted octanol–water partition coefficient (Wildman–Crippen LogP) is 2.79. The molecule has 0 spiro atoms. The number of rotatable bonds is 2. The van der Waals surface area contributed by atoms with Gasteiger partial charge in [0.15, 0.2) is 11.9 Å². The van der Waals surface area contributed by atoms with Crippen LogP contribution < -0.4 is 0 Å². The van der Waals surface area contributed by atoms with Gasteiger partial charge in [-0.1, -0.05) is 36.3 Å². The van der Waals surface area contributed by atoms with Crippen LogP contribution in [0.1, 0.15) is 21.5 Å². The van der Waals surface area contributed by atoms with E-state index < -0.39 is 0 Å². The van der Waals surface area contributed by atoms with Crippen LogP contribution in [0.15, 0.2) is 54.6 Å². The van der Waals surface area contributed by atoms with E-state index >= 15 is 0 Å². The SMILES string of the molecule is N#CC#Cc1ccc(C(=O)c2ccccc2)cc1. The topological polar surface area (TPSA) is 40.9 Å². The Balaban J connectivity index is 2.26. The van der Waals surface area contributed by atoms with Gasteiger partial charge in [0.2, 0.25) is 0 Å². The molecule has 0 aliphatic carbocycles. The molecule has 0 aliphatic heterocycles. The Labute approximate surface area is 106 Å². The minimum Gasteiger partial charge on any atom is -0.289 e. The van der Waals surface area contributed by atoms with Crippen LogP contribution in [-0.2, 0) is 0 Å². The minimum atomic E-state index is -0.0182. The zero-order chi connectivity index (χ0) is 12.8. The highest BCUT2D eigenvalue weighted by Gasteiger charge is 2.07. The Hall–Kier alpha value is -2.84. The lowest BCUT2D eigenvalue weighted by atomic mass is 10.0. The molecule has 0 amide bonds. The predicted molar refractivity (Wildman–Crippen MR) is 68.8 cm³/mol. The maximum absolute atomic E-state index is 12.1. The Kier molecular flexibility index (Phi) is 3.54. The van der Waals surface area contributed by atoms with Crippen LogP contribution in [-0.4, -0.2) is 5.78 Å². The third kappa shape index (κ3) is 2.64. The molecule has 0 bridgehead atoms. The smallest absolute Gasteiger partial charge is 0.193 e. The lowest BCUT2D eigenvalue weighted by molar-refractivity contribution is 0.103. The first-order valence-electron chi connectivity index (χ1n) is 5.41. The summed E-state index contributed by atoms with van der Waals surface area (Å²) in [6.45, 7) is 0. The molecule has 2 heteroatoms. The molecule has 84 valence electrons. The van der Waals surface area contributed by atoms with Crippen molar-refractivity contribution in [2.24, 2.45) is 0 Å². The zero-order valence-corrected chi connectivity index (χ0v) is 9.55. The molecule has 0 heterocycles. The number of ketones is 1. The molecule has 2 rings (SSSR count). The number of carbonyl (C=O) groups excluding carboxylic acids is 1. The molecule has 0 saturated carbocycles. The number of nitriles is 1. The summed E-state index contributed by atoms with van der Waals surface area (Å²) >= 11 is 0. The number of hydrogen-bond donors (Lipinski definition) is 0. The van der Waals surface area contributed by atoms with Gasteiger partial charge in [-0.3, -0.25) is 4.79 Å². The van der Waals surface area contributed by atoms with Crippen molar-refractivity contribution in [2.45, 2.75) is 0 Å². The lowest BCUT2D eigenvalue weighted by Crippen LogP contribution is -2.00. The first kappa shape index (κ1) is 11.6. The second-order valence-electron chi connectivity index (χ2n) is 3.63. The highest BCUT2D eigenvalue weighted by Crippen LogP contribution is 2.10. The van der Waals surface area contributed by atoms with Crippen molar-refractivity contribution in [1.82, 2.24) is 0 Å². The molecule has 0 fully saturated rings. The van der Waals surface area contributed by atoms with E-state index in [1.54, 1.807) is 42.5 Å². The Morgan fingerprint density at radius 2 is 1.50 bits per heavy atom. The molecule has 0 aromatic heterocycles. The molecule has 0 radical (unpaired) electrons.